The van der Waals surface area contributed by atoms with Gasteiger partial charge in [0.1, 0.15) is 6.04 Å². The fourth-order valence-corrected chi connectivity index (χ4v) is 4.76. The number of pyridine rings is 1. The molecule has 8 heteroatoms. The number of fused-ring (bicyclic) bond motifs is 1. The van der Waals surface area contributed by atoms with E-state index in [0.29, 0.717) is 31.7 Å². The summed E-state index contributed by atoms with van der Waals surface area (Å²) in [5, 5.41) is 9.72. The summed E-state index contributed by atoms with van der Waals surface area (Å²) in [6.45, 7) is 1.53. The van der Waals surface area contributed by atoms with Crippen molar-refractivity contribution in [1.29, 1.82) is 0 Å². The molecule has 0 amide bonds. The molecular weight excluding hydrogens is 433 g/mol. The molecule has 1 aromatic heterocycles. The van der Waals surface area contributed by atoms with Gasteiger partial charge in [-0.15, -0.1) is 0 Å². The minimum Gasteiger partial charge on any atom is -0.480 e. The molecule has 2 atom stereocenters. The second-order valence-corrected chi connectivity index (χ2v) is 8.86. The van der Waals surface area contributed by atoms with Crippen LogP contribution in [0, 0.1) is 0 Å². The van der Waals surface area contributed by atoms with Gasteiger partial charge in [0.05, 0.1) is 11.7 Å². The van der Waals surface area contributed by atoms with Gasteiger partial charge in [0.25, 0.3) is 0 Å². The highest BCUT2D eigenvalue weighted by Crippen LogP contribution is 2.32. The number of ether oxygens (including phenoxy) is 1. The molecule has 178 valence electrons. The molecule has 5 nitrogen and oxygen atoms in total. The number of alkyl halides is 3. The molecule has 2 aromatic rings. The third-order valence-corrected chi connectivity index (χ3v) is 6.50. The number of aromatic nitrogens is 1. The number of hydrogen-bond donors (Lipinski definition) is 1. The minimum atomic E-state index is -4.45. The van der Waals surface area contributed by atoms with Crippen LogP contribution in [0.15, 0.2) is 36.4 Å². The van der Waals surface area contributed by atoms with Crippen molar-refractivity contribution in [1.82, 2.24) is 9.88 Å². The van der Waals surface area contributed by atoms with Crippen LogP contribution in [0.5, 0.6) is 0 Å². The van der Waals surface area contributed by atoms with Gasteiger partial charge in [0.2, 0.25) is 0 Å². The van der Waals surface area contributed by atoms with Crippen LogP contribution in [0.4, 0.5) is 13.2 Å². The highest BCUT2D eigenvalue weighted by atomic mass is 19.4. The third-order valence-electron chi connectivity index (χ3n) is 6.50. The zero-order valence-corrected chi connectivity index (χ0v) is 18.5. The van der Waals surface area contributed by atoms with Gasteiger partial charge in [0, 0.05) is 31.1 Å². The summed E-state index contributed by atoms with van der Waals surface area (Å²) in [4.78, 5) is 18.4. The van der Waals surface area contributed by atoms with Gasteiger partial charge in [-0.2, -0.15) is 13.2 Å². The topological polar surface area (TPSA) is 62.7 Å². The first-order valence-corrected chi connectivity index (χ1v) is 11.5. The number of likely N-dealkylation sites (tertiary alicyclic amines) is 1. The van der Waals surface area contributed by atoms with Crippen molar-refractivity contribution in [2.75, 3.05) is 19.7 Å². The standard InChI is InChI=1S/C25H29F3N2O3/c26-25(27,28)19-10-7-18(8-11-19)23(24(31)32)30-14-13-21(16-30)33-15-3-5-20-12-9-17-4-1-2-6-22(17)29-20/h7-12,21,23H,1-6,13-16H2,(H,31,32)/t21-,23-/m1/s1. The largest absolute Gasteiger partial charge is 0.480 e. The van der Waals surface area contributed by atoms with E-state index in [1.54, 1.807) is 4.90 Å². The summed E-state index contributed by atoms with van der Waals surface area (Å²) < 4.78 is 44.4. The quantitative estimate of drug-likeness (QED) is 0.570. The first-order valence-electron chi connectivity index (χ1n) is 11.5. The van der Waals surface area contributed by atoms with E-state index in [0.717, 1.165) is 43.5 Å². The fraction of sp³-hybridized carbons (Fsp3) is 0.520. The highest BCUT2D eigenvalue weighted by molar-refractivity contribution is 5.75. The van der Waals surface area contributed by atoms with E-state index in [9.17, 15) is 23.1 Å². The number of halogens is 3. The molecule has 0 bridgehead atoms. The minimum absolute atomic E-state index is 0.0854. The van der Waals surface area contributed by atoms with E-state index >= 15 is 0 Å². The summed E-state index contributed by atoms with van der Waals surface area (Å²) in [5.41, 5.74) is 3.24. The third kappa shape index (κ3) is 5.92. The lowest BCUT2D eigenvalue weighted by Crippen LogP contribution is -2.33. The first kappa shape index (κ1) is 23.7. The molecule has 33 heavy (non-hydrogen) atoms. The normalized spacial score (nSPS) is 19.9. The Bertz CT molecular complexity index is 962. The summed E-state index contributed by atoms with van der Waals surface area (Å²) in [7, 11) is 0. The van der Waals surface area contributed by atoms with Gasteiger partial charge in [-0.25, -0.2) is 0 Å². The number of carboxylic acid groups (broad SMARTS) is 1. The molecule has 1 aromatic carbocycles. The average Bonchev–Trinajstić information content (AvgIpc) is 3.24. The zero-order chi connectivity index (χ0) is 23.4. The number of carbonyl (C=O) groups is 1. The number of hydrogen-bond acceptors (Lipinski definition) is 4. The summed E-state index contributed by atoms with van der Waals surface area (Å²) in [6.07, 6.45) is 2.46. The molecular formula is C25H29F3N2O3. The Morgan fingerprint density at radius 2 is 1.91 bits per heavy atom. The van der Waals surface area contributed by atoms with Crippen LogP contribution in [-0.2, 0) is 35.0 Å². The van der Waals surface area contributed by atoms with Crippen molar-refractivity contribution in [3.8, 4) is 0 Å². The van der Waals surface area contributed by atoms with Crippen molar-refractivity contribution in [3.63, 3.8) is 0 Å². The van der Waals surface area contributed by atoms with Crippen molar-refractivity contribution < 1.29 is 27.8 Å². The lowest BCUT2D eigenvalue weighted by Gasteiger charge is -2.25. The Labute approximate surface area is 191 Å². The summed E-state index contributed by atoms with van der Waals surface area (Å²) >= 11 is 0. The first-order chi connectivity index (χ1) is 15.8. The zero-order valence-electron chi connectivity index (χ0n) is 18.5. The fourth-order valence-electron chi connectivity index (χ4n) is 4.76. The van der Waals surface area contributed by atoms with Gasteiger partial charge >= 0.3 is 12.1 Å². The monoisotopic (exact) mass is 462 g/mol. The SMILES string of the molecule is O=C(O)[C@@H](c1ccc(C(F)(F)F)cc1)N1CC[C@@H](OCCCc2ccc3c(n2)CCCC3)C1. The molecule has 0 radical (unpaired) electrons. The van der Waals surface area contributed by atoms with E-state index in [4.69, 9.17) is 9.72 Å². The van der Waals surface area contributed by atoms with Crippen LogP contribution in [0.3, 0.4) is 0 Å². The number of benzene rings is 1. The summed E-state index contributed by atoms with van der Waals surface area (Å²) in [5.74, 6) is -1.08. The van der Waals surface area contributed by atoms with Crippen molar-refractivity contribution in [2.45, 2.75) is 63.3 Å². The maximum atomic E-state index is 12.8. The van der Waals surface area contributed by atoms with Gasteiger partial charge in [-0.05, 0) is 74.3 Å². The number of aliphatic carboxylic acids is 1. The van der Waals surface area contributed by atoms with Crippen LogP contribution >= 0.6 is 0 Å². The molecule has 2 heterocycles. The second-order valence-electron chi connectivity index (χ2n) is 8.86. The van der Waals surface area contributed by atoms with E-state index in [1.165, 1.54) is 36.2 Å². The number of aryl methyl sites for hydroxylation is 3. The van der Waals surface area contributed by atoms with Crippen LogP contribution < -0.4 is 0 Å². The van der Waals surface area contributed by atoms with Gasteiger partial charge < -0.3 is 9.84 Å². The number of carboxylic acids is 1. The Morgan fingerprint density at radius 3 is 2.64 bits per heavy atom. The van der Waals surface area contributed by atoms with E-state index in [1.807, 2.05) is 0 Å². The average molecular weight is 463 g/mol. The van der Waals surface area contributed by atoms with E-state index < -0.39 is 23.8 Å². The Morgan fingerprint density at radius 1 is 1.15 bits per heavy atom. The molecule has 0 saturated carbocycles. The second kappa shape index (κ2) is 10.2. The van der Waals surface area contributed by atoms with Crippen LogP contribution in [-0.4, -0.2) is 46.8 Å². The van der Waals surface area contributed by atoms with Crippen molar-refractivity contribution in [3.05, 3.63) is 64.5 Å². The van der Waals surface area contributed by atoms with Crippen LogP contribution in [0.1, 0.15) is 59.8 Å². The van der Waals surface area contributed by atoms with Crippen molar-refractivity contribution >= 4 is 5.97 Å². The molecule has 1 aliphatic carbocycles. The van der Waals surface area contributed by atoms with E-state index in [-0.39, 0.29) is 6.10 Å². The molecule has 1 fully saturated rings. The Balaban J connectivity index is 1.27. The number of rotatable bonds is 8. The molecule has 1 saturated heterocycles. The lowest BCUT2D eigenvalue weighted by atomic mass is 9.95. The van der Waals surface area contributed by atoms with Gasteiger partial charge in [-0.3, -0.25) is 14.7 Å². The predicted octanol–water partition coefficient (Wildman–Crippen LogP) is 4.83. The molecule has 1 aliphatic heterocycles. The highest BCUT2D eigenvalue weighted by Gasteiger charge is 2.35. The molecule has 2 aliphatic rings. The van der Waals surface area contributed by atoms with Crippen molar-refractivity contribution in [2.24, 2.45) is 0 Å². The smallest absolute Gasteiger partial charge is 0.416 e. The number of nitrogens with zero attached hydrogens (tertiary/aromatic N) is 2. The van der Waals surface area contributed by atoms with E-state index in [2.05, 4.69) is 12.1 Å². The van der Waals surface area contributed by atoms with Crippen LogP contribution in [0.2, 0.25) is 0 Å². The van der Waals surface area contributed by atoms with Crippen LogP contribution in [0.25, 0.3) is 0 Å². The van der Waals surface area contributed by atoms with Gasteiger partial charge in [-0.1, -0.05) is 18.2 Å². The maximum Gasteiger partial charge on any atom is 0.416 e. The molecule has 0 unspecified atom stereocenters. The Kier molecular flexibility index (Phi) is 7.34. The molecule has 4 rings (SSSR count). The Hall–Kier alpha value is -2.45. The lowest BCUT2D eigenvalue weighted by molar-refractivity contribution is -0.143. The predicted molar refractivity (Wildman–Crippen MR) is 117 cm³/mol. The molecule has 0 spiro atoms. The maximum absolute atomic E-state index is 12.8. The van der Waals surface area contributed by atoms with Gasteiger partial charge in [0.15, 0.2) is 0 Å². The molecule has 1 N–H and O–H groups in total. The summed E-state index contributed by atoms with van der Waals surface area (Å²) in [6, 6.07) is 7.68.